The van der Waals surface area contributed by atoms with Crippen LogP contribution in [0.4, 0.5) is 0 Å². The van der Waals surface area contributed by atoms with E-state index in [4.69, 9.17) is 10.4 Å². The van der Waals surface area contributed by atoms with Crippen molar-refractivity contribution >= 4 is 5.97 Å². The van der Waals surface area contributed by atoms with Crippen LogP contribution in [0.2, 0.25) is 0 Å². The van der Waals surface area contributed by atoms with E-state index in [9.17, 15) is 9.59 Å². The van der Waals surface area contributed by atoms with E-state index in [2.05, 4.69) is 0 Å². The highest BCUT2D eigenvalue weighted by Crippen LogP contribution is 2.23. The van der Waals surface area contributed by atoms with Gasteiger partial charge < -0.3 is 5.11 Å². The third-order valence-electron chi connectivity index (χ3n) is 3.29. The van der Waals surface area contributed by atoms with Gasteiger partial charge in [-0.2, -0.15) is 5.26 Å². The number of benzene rings is 1. The van der Waals surface area contributed by atoms with Gasteiger partial charge in [-0.05, 0) is 31.5 Å². The number of nitriles is 1. The van der Waals surface area contributed by atoms with Crippen molar-refractivity contribution in [2.24, 2.45) is 0 Å². The van der Waals surface area contributed by atoms with Crippen LogP contribution in [0.5, 0.6) is 0 Å². The van der Waals surface area contributed by atoms with Gasteiger partial charge in [-0.1, -0.05) is 23.8 Å². The first kappa shape index (κ1) is 14.5. The third kappa shape index (κ3) is 2.70. The normalized spacial score (nSPS) is 10.1. The maximum Gasteiger partial charge on any atom is 0.341 e. The molecule has 0 saturated heterocycles. The summed E-state index contributed by atoms with van der Waals surface area (Å²) in [4.78, 5) is 23.2. The molecule has 5 heteroatoms. The number of pyridine rings is 1. The number of nitrogens with zero attached hydrogens (tertiary/aromatic N) is 2. The zero-order valence-corrected chi connectivity index (χ0v) is 11.8. The van der Waals surface area contributed by atoms with E-state index < -0.39 is 11.5 Å². The van der Waals surface area contributed by atoms with Gasteiger partial charge in [-0.3, -0.25) is 9.36 Å². The van der Waals surface area contributed by atoms with Crippen LogP contribution in [-0.4, -0.2) is 15.6 Å². The predicted molar refractivity (Wildman–Crippen MR) is 78.2 cm³/mol. The lowest BCUT2D eigenvalue weighted by Crippen LogP contribution is -2.27. The number of carboxylic acid groups (broad SMARTS) is 1. The number of aryl methyl sites for hydroxylation is 2. The van der Waals surface area contributed by atoms with Gasteiger partial charge in [0.15, 0.2) is 0 Å². The van der Waals surface area contributed by atoms with Crippen LogP contribution in [0.3, 0.4) is 0 Å². The molecule has 0 aliphatic carbocycles. The van der Waals surface area contributed by atoms with Gasteiger partial charge in [0.05, 0.1) is 11.8 Å². The number of carbonyl (C=O) groups is 1. The molecule has 21 heavy (non-hydrogen) atoms. The summed E-state index contributed by atoms with van der Waals surface area (Å²) >= 11 is 0. The number of aromatic carboxylic acids is 1. The van der Waals surface area contributed by atoms with Gasteiger partial charge in [-0.15, -0.1) is 0 Å². The van der Waals surface area contributed by atoms with Crippen molar-refractivity contribution in [1.82, 2.24) is 4.57 Å². The second-order valence-electron chi connectivity index (χ2n) is 4.81. The fourth-order valence-electron chi connectivity index (χ4n) is 2.30. The van der Waals surface area contributed by atoms with E-state index in [1.54, 1.807) is 6.07 Å². The smallest absolute Gasteiger partial charge is 0.341 e. The summed E-state index contributed by atoms with van der Waals surface area (Å²) in [6.45, 7) is 3.68. The second-order valence-corrected chi connectivity index (χ2v) is 4.81. The summed E-state index contributed by atoms with van der Waals surface area (Å²) in [5, 5.41) is 17.9. The fourth-order valence-corrected chi connectivity index (χ4v) is 2.30. The summed E-state index contributed by atoms with van der Waals surface area (Å²) in [7, 11) is 0. The summed E-state index contributed by atoms with van der Waals surface area (Å²) in [5.41, 5.74) is 2.41. The van der Waals surface area contributed by atoms with Crippen LogP contribution >= 0.6 is 0 Å². The summed E-state index contributed by atoms with van der Waals surface area (Å²) in [6, 6.07) is 10.5. The average molecular weight is 282 g/mol. The highest BCUT2D eigenvalue weighted by molar-refractivity contribution is 5.87. The van der Waals surface area contributed by atoms with Gasteiger partial charge in [-0.25, -0.2) is 4.79 Å². The minimum absolute atomic E-state index is 0.192. The summed E-state index contributed by atoms with van der Waals surface area (Å²) in [5.74, 6) is -1.29. The molecule has 0 atom stereocenters. The monoisotopic (exact) mass is 282 g/mol. The highest BCUT2D eigenvalue weighted by atomic mass is 16.4. The molecular formula is C16H14N2O3. The maximum absolute atomic E-state index is 12.2. The molecule has 0 radical (unpaired) electrons. The largest absolute Gasteiger partial charge is 0.477 e. The van der Waals surface area contributed by atoms with E-state index in [1.165, 1.54) is 10.6 Å². The molecule has 1 aromatic heterocycles. The number of carboxylic acids is 1. The van der Waals surface area contributed by atoms with Crippen molar-refractivity contribution in [3.63, 3.8) is 0 Å². The second kappa shape index (κ2) is 5.63. The number of aromatic nitrogens is 1. The Bertz CT molecular complexity index is 813. The average Bonchev–Trinajstić information content (AvgIpc) is 2.41. The van der Waals surface area contributed by atoms with Crippen LogP contribution in [0, 0.1) is 25.2 Å². The SMILES string of the molecule is Cc1ccc(-c2ccc(C(=O)O)c(=O)n2CC#N)c(C)c1. The van der Waals surface area contributed by atoms with Crippen molar-refractivity contribution < 1.29 is 9.90 Å². The minimum Gasteiger partial charge on any atom is -0.477 e. The Balaban J connectivity index is 2.75. The Labute approximate surface area is 121 Å². The molecule has 2 aromatic rings. The van der Waals surface area contributed by atoms with Crippen LogP contribution in [-0.2, 0) is 6.54 Å². The molecule has 106 valence electrons. The molecule has 1 heterocycles. The number of hydrogen-bond donors (Lipinski definition) is 1. The molecular weight excluding hydrogens is 268 g/mol. The fraction of sp³-hybridized carbons (Fsp3) is 0.188. The van der Waals surface area contributed by atoms with Gasteiger partial charge >= 0.3 is 5.97 Å². The first-order chi connectivity index (χ1) is 9.95. The van der Waals surface area contributed by atoms with E-state index >= 15 is 0 Å². The molecule has 2 rings (SSSR count). The zero-order valence-electron chi connectivity index (χ0n) is 11.8. The summed E-state index contributed by atoms with van der Waals surface area (Å²) in [6.07, 6.45) is 0. The van der Waals surface area contributed by atoms with Crippen molar-refractivity contribution in [3.8, 4) is 17.3 Å². The van der Waals surface area contributed by atoms with Crippen LogP contribution in [0.25, 0.3) is 11.3 Å². The van der Waals surface area contributed by atoms with Gasteiger partial charge in [0, 0.05) is 5.56 Å². The molecule has 0 saturated carbocycles. The topological polar surface area (TPSA) is 83.1 Å². The van der Waals surface area contributed by atoms with Crippen molar-refractivity contribution in [1.29, 1.82) is 5.26 Å². The molecule has 5 nitrogen and oxygen atoms in total. The minimum atomic E-state index is -1.29. The lowest BCUT2D eigenvalue weighted by atomic mass is 10.0. The molecule has 0 aliphatic heterocycles. The standard InChI is InChI=1S/C16H14N2O3/c1-10-3-4-12(11(2)9-10)14-6-5-13(16(20)21)15(19)18(14)8-7-17/h3-6,9H,8H2,1-2H3,(H,20,21). The molecule has 0 bridgehead atoms. The number of hydrogen-bond acceptors (Lipinski definition) is 3. The van der Waals surface area contributed by atoms with Gasteiger partial charge in [0.1, 0.15) is 12.1 Å². The Morgan fingerprint density at radius 1 is 1.29 bits per heavy atom. The van der Waals surface area contributed by atoms with E-state index in [-0.39, 0.29) is 12.1 Å². The predicted octanol–water partition coefficient (Wildman–Crippen LogP) is 2.35. The van der Waals surface area contributed by atoms with Crippen molar-refractivity contribution in [3.05, 3.63) is 57.4 Å². The summed E-state index contributed by atoms with van der Waals surface area (Å²) < 4.78 is 1.20. The Kier molecular flexibility index (Phi) is 3.90. The molecule has 0 fully saturated rings. The molecule has 0 spiro atoms. The Hall–Kier alpha value is -2.87. The molecule has 0 aliphatic rings. The van der Waals surface area contributed by atoms with Gasteiger partial charge in [0.2, 0.25) is 0 Å². The van der Waals surface area contributed by atoms with Crippen LogP contribution < -0.4 is 5.56 Å². The maximum atomic E-state index is 12.2. The Morgan fingerprint density at radius 2 is 2.00 bits per heavy atom. The van der Waals surface area contributed by atoms with E-state index in [0.717, 1.165) is 16.7 Å². The molecule has 0 unspecified atom stereocenters. The molecule has 1 aromatic carbocycles. The highest BCUT2D eigenvalue weighted by Gasteiger charge is 2.15. The van der Waals surface area contributed by atoms with Gasteiger partial charge in [0.25, 0.3) is 5.56 Å². The lowest BCUT2D eigenvalue weighted by molar-refractivity contribution is 0.0694. The van der Waals surface area contributed by atoms with E-state index in [0.29, 0.717) is 5.69 Å². The quantitative estimate of drug-likeness (QED) is 0.936. The van der Waals surface area contributed by atoms with Crippen molar-refractivity contribution in [2.75, 3.05) is 0 Å². The molecule has 1 N–H and O–H groups in total. The Morgan fingerprint density at radius 3 is 2.57 bits per heavy atom. The number of rotatable bonds is 3. The first-order valence-electron chi connectivity index (χ1n) is 6.37. The zero-order chi connectivity index (χ0) is 15.6. The molecule has 0 amide bonds. The third-order valence-corrected chi connectivity index (χ3v) is 3.29. The van der Waals surface area contributed by atoms with Crippen LogP contribution in [0.1, 0.15) is 21.5 Å². The first-order valence-corrected chi connectivity index (χ1v) is 6.37. The van der Waals surface area contributed by atoms with Crippen LogP contribution in [0.15, 0.2) is 35.1 Å². The van der Waals surface area contributed by atoms with Crippen molar-refractivity contribution in [2.45, 2.75) is 20.4 Å². The lowest BCUT2D eigenvalue weighted by Gasteiger charge is -2.13. The van der Waals surface area contributed by atoms with E-state index in [1.807, 2.05) is 38.1 Å².